The highest BCUT2D eigenvalue weighted by atomic mass is 32.1. The van der Waals surface area contributed by atoms with E-state index in [0.717, 1.165) is 40.4 Å². The summed E-state index contributed by atoms with van der Waals surface area (Å²) in [6.45, 7) is 1.97. The minimum atomic E-state index is -0.687. The molecule has 1 saturated carbocycles. The van der Waals surface area contributed by atoms with Crippen molar-refractivity contribution < 1.29 is 9.90 Å². The van der Waals surface area contributed by atoms with Crippen molar-refractivity contribution in [3.05, 3.63) is 53.3 Å². The molecule has 0 atom stereocenters. The second kappa shape index (κ2) is 5.56. The zero-order valence-electron chi connectivity index (χ0n) is 13.3. The van der Waals surface area contributed by atoms with E-state index in [1.165, 1.54) is 11.3 Å². The molecular formula is C18H17N3O2S. The lowest BCUT2D eigenvalue weighted by Gasteiger charge is -2.13. The van der Waals surface area contributed by atoms with E-state index in [-0.39, 0.29) is 0 Å². The Labute approximate surface area is 143 Å². The van der Waals surface area contributed by atoms with Crippen molar-refractivity contribution in [2.75, 3.05) is 0 Å². The van der Waals surface area contributed by atoms with Crippen LogP contribution in [0.5, 0.6) is 0 Å². The quantitative estimate of drug-likeness (QED) is 0.769. The average Bonchev–Trinajstić information content (AvgIpc) is 2.99. The second-order valence-electron chi connectivity index (χ2n) is 6.31. The summed E-state index contributed by atoms with van der Waals surface area (Å²) in [5.74, 6) is -0.687. The van der Waals surface area contributed by atoms with Crippen molar-refractivity contribution in [3.63, 3.8) is 0 Å². The lowest BCUT2D eigenvalue weighted by atomic mass is 9.91. The van der Waals surface area contributed by atoms with Gasteiger partial charge in [-0.05, 0) is 37.3 Å². The summed E-state index contributed by atoms with van der Waals surface area (Å²) in [6.07, 6.45) is 5.82. The summed E-state index contributed by atoms with van der Waals surface area (Å²) < 4.78 is 1.79. The van der Waals surface area contributed by atoms with Gasteiger partial charge in [0.1, 0.15) is 0 Å². The molecule has 2 heterocycles. The van der Waals surface area contributed by atoms with Gasteiger partial charge in [-0.25, -0.2) is 9.67 Å². The SMILES string of the molecule is Cc1nn(-c2nccs2)cc1-c1ccccc1CC1(C(=O)O)CC1. The van der Waals surface area contributed by atoms with Crippen molar-refractivity contribution in [2.45, 2.75) is 26.2 Å². The van der Waals surface area contributed by atoms with Crippen LogP contribution in [0, 0.1) is 12.3 Å². The standard InChI is InChI=1S/C18H17N3O2S/c1-12-15(11-21(20-12)17-19-8-9-24-17)14-5-3-2-4-13(14)10-18(6-7-18)16(22)23/h2-5,8-9,11H,6-7,10H2,1H3,(H,22,23). The fourth-order valence-electron chi connectivity index (χ4n) is 3.07. The van der Waals surface area contributed by atoms with Crippen LogP contribution in [0.25, 0.3) is 16.3 Å². The first-order valence-electron chi connectivity index (χ1n) is 7.87. The highest BCUT2D eigenvalue weighted by Crippen LogP contribution is 2.49. The second-order valence-corrected chi connectivity index (χ2v) is 7.18. The third kappa shape index (κ3) is 2.53. The number of carboxylic acid groups (broad SMARTS) is 1. The number of aromatic nitrogens is 3. The van der Waals surface area contributed by atoms with Gasteiger partial charge in [0.25, 0.3) is 0 Å². The van der Waals surface area contributed by atoms with Crippen molar-refractivity contribution in [1.82, 2.24) is 14.8 Å². The predicted octanol–water partition coefficient (Wildman–Crippen LogP) is 3.71. The fourth-order valence-corrected chi connectivity index (χ4v) is 3.64. The third-order valence-corrected chi connectivity index (χ3v) is 5.42. The van der Waals surface area contributed by atoms with Crippen LogP contribution in [-0.4, -0.2) is 25.8 Å². The first-order valence-corrected chi connectivity index (χ1v) is 8.75. The van der Waals surface area contributed by atoms with Gasteiger partial charge in [-0.1, -0.05) is 24.3 Å². The monoisotopic (exact) mass is 339 g/mol. The van der Waals surface area contributed by atoms with Gasteiger partial charge >= 0.3 is 5.97 Å². The Hall–Kier alpha value is -2.47. The lowest BCUT2D eigenvalue weighted by Crippen LogP contribution is -2.17. The molecule has 0 saturated heterocycles. The van der Waals surface area contributed by atoms with Gasteiger partial charge in [-0.3, -0.25) is 4.79 Å². The Balaban J connectivity index is 1.74. The molecule has 1 aromatic carbocycles. The van der Waals surface area contributed by atoms with E-state index < -0.39 is 11.4 Å². The molecule has 24 heavy (non-hydrogen) atoms. The molecule has 0 unspecified atom stereocenters. The maximum absolute atomic E-state index is 11.5. The fraction of sp³-hybridized carbons (Fsp3) is 0.278. The van der Waals surface area contributed by atoms with Crippen LogP contribution >= 0.6 is 11.3 Å². The number of hydrogen-bond donors (Lipinski definition) is 1. The van der Waals surface area contributed by atoms with E-state index in [4.69, 9.17) is 0 Å². The average molecular weight is 339 g/mol. The topological polar surface area (TPSA) is 68.0 Å². The predicted molar refractivity (Wildman–Crippen MR) is 92.4 cm³/mol. The van der Waals surface area contributed by atoms with Crippen LogP contribution in [0.4, 0.5) is 0 Å². The van der Waals surface area contributed by atoms with Gasteiger partial charge < -0.3 is 5.11 Å². The molecule has 0 aliphatic heterocycles. The Morgan fingerprint density at radius 3 is 2.79 bits per heavy atom. The highest BCUT2D eigenvalue weighted by molar-refractivity contribution is 7.12. The van der Waals surface area contributed by atoms with Crippen molar-refractivity contribution in [3.8, 4) is 16.3 Å². The van der Waals surface area contributed by atoms with Crippen LogP contribution in [-0.2, 0) is 11.2 Å². The summed E-state index contributed by atoms with van der Waals surface area (Å²) in [7, 11) is 0. The van der Waals surface area contributed by atoms with Crippen LogP contribution in [0.15, 0.2) is 42.0 Å². The summed E-state index contributed by atoms with van der Waals surface area (Å²) in [6, 6.07) is 8.03. The van der Waals surface area contributed by atoms with Gasteiger partial charge in [0.15, 0.2) is 0 Å². The molecule has 4 rings (SSSR count). The molecule has 2 aromatic heterocycles. The number of thiazole rings is 1. The van der Waals surface area contributed by atoms with Gasteiger partial charge in [0, 0.05) is 23.3 Å². The molecule has 1 aliphatic rings. The molecule has 0 radical (unpaired) electrons. The van der Waals surface area contributed by atoms with Gasteiger partial charge in [0.05, 0.1) is 11.1 Å². The van der Waals surface area contributed by atoms with E-state index in [1.54, 1.807) is 10.9 Å². The van der Waals surface area contributed by atoms with Crippen molar-refractivity contribution >= 4 is 17.3 Å². The minimum Gasteiger partial charge on any atom is -0.481 e. The molecule has 122 valence electrons. The highest BCUT2D eigenvalue weighted by Gasteiger charge is 2.50. The molecule has 0 amide bonds. The van der Waals surface area contributed by atoms with Crippen LogP contribution < -0.4 is 0 Å². The number of aryl methyl sites for hydroxylation is 1. The molecular weight excluding hydrogens is 322 g/mol. The first kappa shape index (κ1) is 15.1. The summed E-state index contributed by atoms with van der Waals surface area (Å²) in [5, 5.41) is 16.8. The zero-order chi connectivity index (χ0) is 16.7. The minimum absolute atomic E-state index is 0.570. The van der Waals surface area contributed by atoms with Crippen LogP contribution in [0.3, 0.4) is 0 Å². The molecule has 1 N–H and O–H groups in total. The molecule has 1 fully saturated rings. The Morgan fingerprint density at radius 2 is 2.12 bits per heavy atom. The van der Waals surface area contributed by atoms with Crippen LogP contribution in [0.1, 0.15) is 24.1 Å². The molecule has 6 heteroatoms. The molecule has 0 bridgehead atoms. The summed E-state index contributed by atoms with van der Waals surface area (Å²) in [5.41, 5.74) is 3.50. The maximum atomic E-state index is 11.5. The number of aliphatic carboxylic acids is 1. The number of nitrogens with zero attached hydrogens (tertiary/aromatic N) is 3. The zero-order valence-corrected chi connectivity index (χ0v) is 14.1. The van der Waals surface area contributed by atoms with E-state index in [1.807, 2.05) is 42.8 Å². The van der Waals surface area contributed by atoms with E-state index in [0.29, 0.717) is 6.42 Å². The number of carbonyl (C=O) groups is 1. The van der Waals surface area contributed by atoms with Crippen molar-refractivity contribution in [2.24, 2.45) is 5.41 Å². The molecule has 5 nitrogen and oxygen atoms in total. The molecule has 3 aromatic rings. The largest absolute Gasteiger partial charge is 0.481 e. The third-order valence-electron chi connectivity index (χ3n) is 4.66. The molecule has 0 spiro atoms. The summed E-state index contributed by atoms with van der Waals surface area (Å²) >= 11 is 1.53. The number of hydrogen-bond acceptors (Lipinski definition) is 4. The number of rotatable bonds is 5. The Kier molecular flexibility index (Phi) is 3.49. The first-order chi connectivity index (χ1) is 11.6. The number of benzene rings is 1. The van der Waals surface area contributed by atoms with E-state index in [9.17, 15) is 9.90 Å². The van der Waals surface area contributed by atoms with Gasteiger partial charge in [-0.15, -0.1) is 11.3 Å². The van der Waals surface area contributed by atoms with Gasteiger partial charge in [-0.2, -0.15) is 5.10 Å². The number of carboxylic acids is 1. The smallest absolute Gasteiger partial charge is 0.309 e. The van der Waals surface area contributed by atoms with Crippen molar-refractivity contribution in [1.29, 1.82) is 0 Å². The Bertz CT molecular complexity index is 895. The summed E-state index contributed by atoms with van der Waals surface area (Å²) in [4.78, 5) is 15.8. The van der Waals surface area contributed by atoms with Crippen LogP contribution in [0.2, 0.25) is 0 Å². The van der Waals surface area contributed by atoms with E-state index >= 15 is 0 Å². The maximum Gasteiger partial charge on any atom is 0.309 e. The molecule has 1 aliphatic carbocycles. The normalized spacial score (nSPS) is 15.4. The Morgan fingerprint density at radius 1 is 1.33 bits per heavy atom. The van der Waals surface area contributed by atoms with E-state index in [2.05, 4.69) is 10.1 Å². The lowest BCUT2D eigenvalue weighted by molar-refractivity contribution is -0.143. The van der Waals surface area contributed by atoms with Gasteiger partial charge in [0.2, 0.25) is 5.13 Å².